The highest BCUT2D eigenvalue weighted by molar-refractivity contribution is 7.92. The second kappa shape index (κ2) is 9.36. The predicted octanol–water partition coefficient (Wildman–Crippen LogP) is 2.42. The lowest BCUT2D eigenvalue weighted by molar-refractivity contribution is 0.517. The minimum absolute atomic E-state index is 0.0489. The largest absolute Gasteiger partial charge is 0.415 e. The lowest BCUT2D eigenvalue weighted by Crippen LogP contribution is -2.20. The average molecular weight is 443 g/mol. The number of nitrogens with one attached hydrogen (secondary N) is 1. The first-order chi connectivity index (χ1) is 14.7. The third kappa shape index (κ3) is 4.97. The third-order valence-corrected chi connectivity index (χ3v) is 7.05. The number of sulfone groups is 1. The Labute approximate surface area is 181 Å². The first-order valence-corrected chi connectivity index (χ1v) is 11.4. The monoisotopic (exact) mass is 442 g/mol. The molecule has 0 radical (unpaired) electrons. The van der Waals surface area contributed by atoms with Crippen LogP contribution in [0.1, 0.15) is 44.5 Å². The van der Waals surface area contributed by atoms with Crippen LogP contribution in [0.15, 0.2) is 55.5 Å². The maximum Gasteiger partial charge on any atom is 0.270 e. The standard InChI is InChI=1S/C21H26N6O3S/c1-13(2)31(28,29)17-7-5-15(6-8-17)14(3)25-18(19(22)23-4)21-27-26-20(30-21)16-9-11-24-12-10-16/h5-9,13,24H,4,10-12,22H2,1-3H3/b19-18-,25-14+. The summed E-state index contributed by atoms with van der Waals surface area (Å²) < 4.78 is 30.5. The molecule has 0 amide bonds. The van der Waals surface area contributed by atoms with Gasteiger partial charge in [-0.05, 0) is 58.2 Å². The predicted molar refractivity (Wildman–Crippen MR) is 121 cm³/mol. The maximum absolute atomic E-state index is 12.3. The minimum atomic E-state index is -3.35. The molecule has 3 rings (SSSR count). The Hall–Kier alpha value is -3.11. The third-order valence-electron chi connectivity index (χ3n) is 4.88. The molecular weight excluding hydrogens is 416 g/mol. The number of aromatic nitrogens is 2. The highest BCUT2D eigenvalue weighted by atomic mass is 32.2. The molecule has 164 valence electrons. The van der Waals surface area contributed by atoms with Gasteiger partial charge in [-0.1, -0.05) is 18.2 Å². The van der Waals surface area contributed by atoms with Crippen molar-refractivity contribution in [1.82, 2.24) is 15.5 Å². The summed E-state index contributed by atoms with van der Waals surface area (Å²) in [5, 5.41) is 10.9. The van der Waals surface area contributed by atoms with E-state index in [9.17, 15) is 8.42 Å². The zero-order valence-electron chi connectivity index (χ0n) is 17.8. The first-order valence-electron chi connectivity index (χ1n) is 9.84. The van der Waals surface area contributed by atoms with E-state index in [1.165, 1.54) is 0 Å². The van der Waals surface area contributed by atoms with Gasteiger partial charge in [0.05, 0.1) is 10.1 Å². The molecule has 1 aliphatic heterocycles. The number of benzene rings is 1. The molecule has 0 bridgehead atoms. The topological polar surface area (TPSA) is 136 Å². The Morgan fingerprint density at radius 3 is 2.55 bits per heavy atom. The normalized spacial score (nSPS) is 16.1. The van der Waals surface area contributed by atoms with Gasteiger partial charge in [0.2, 0.25) is 5.89 Å². The van der Waals surface area contributed by atoms with Gasteiger partial charge in [-0.25, -0.2) is 18.4 Å². The summed E-state index contributed by atoms with van der Waals surface area (Å²) in [4.78, 5) is 8.56. The second-order valence-electron chi connectivity index (χ2n) is 7.30. The molecule has 2 heterocycles. The number of nitrogens with zero attached hydrogens (tertiary/aromatic N) is 4. The van der Waals surface area contributed by atoms with Crippen LogP contribution >= 0.6 is 0 Å². The van der Waals surface area contributed by atoms with E-state index < -0.39 is 15.1 Å². The molecule has 0 spiro atoms. The van der Waals surface area contributed by atoms with Crippen LogP contribution in [0.2, 0.25) is 0 Å². The van der Waals surface area contributed by atoms with Crippen molar-refractivity contribution in [3.63, 3.8) is 0 Å². The molecule has 0 fully saturated rings. The molecular formula is C21H26N6O3S. The van der Waals surface area contributed by atoms with Gasteiger partial charge >= 0.3 is 0 Å². The van der Waals surface area contributed by atoms with Gasteiger partial charge < -0.3 is 15.5 Å². The fourth-order valence-corrected chi connectivity index (χ4v) is 4.01. The fraction of sp³-hybridized carbons (Fsp3) is 0.333. The smallest absolute Gasteiger partial charge is 0.270 e. The Balaban J connectivity index is 1.93. The van der Waals surface area contributed by atoms with E-state index in [1.807, 2.05) is 6.08 Å². The van der Waals surface area contributed by atoms with Gasteiger partial charge in [-0.3, -0.25) is 0 Å². The van der Waals surface area contributed by atoms with E-state index in [-0.39, 0.29) is 22.3 Å². The highest BCUT2D eigenvalue weighted by Crippen LogP contribution is 2.24. The van der Waals surface area contributed by atoms with Gasteiger partial charge in [-0.2, -0.15) is 0 Å². The fourth-order valence-electron chi connectivity index (χ4n) is 2.95. The van der Waals surface area contributed by atoms with Crippen LogP contribution in [0.5, 0.6) is 0 Å². The lowest BCUT2D eigenvalue weighted by atomic mass is 10.1. The molecule has 31 heavy (non-hydrogen) atoms. The van der Waals surface area contributed by atoms with Gasteiger partial charge in [0.1, 0.15) is 0 Å². The lowest BCUT2D eigenvalue weighted by Gasteiger charge is -2.10. The molecule has 1 aromatic carbocycles. The summed E-state index contributed by atoms with van der Waals surface area (Å²) in [6.07, 6.45) is 2.78. The zero-order valence-corrected chi connectivity index (χ0v) is 18.6. The van der Waals surface area contributed by atoms with Crippen LogP contribution in [-0.4, -0.2) is 49.4 Å². The van der Waals surface area contributed by atoms with Crippen molar-refractivity contribution in [2.24, 2.45) is 15.7 Å². The van der Waals surface area contributed by atoms with Crippen molar-refractivity contribution in [3.05, 3.63) is 53.5 Å². The van der Waals surface area contributed by atoms with Crippen LogP contribution in [0.25, 0.3) is 11.3 Å². The van der Waals surface area contributed by atoms with Crippen molar-refractivity contribution in [2.45, 2.75) is 37.3 Å². The summed E-state index contributed by atoms with van der Waals surface area (Å²) in [5.74, 6) is 0.604. The van der Waals surface area contributed by atoms with Crippen molar-refractivity contribution >= 4 is 33.5 Å². The Bertz CT molecular complexity index is 1160. The molecule has 0 saturated heterocycles. The van der Waals surface area contributed by atoms with Crippen molar-refractivity contribution in [1.29, 1.82) is 0 Å². The van der Waals surface area contributed by atoms with Crippen molar-refractivity contribution in [3.8, 4) is 0 Å². The molecule has 0 atom stereocenters. The summed E-state index contributed by atoms with van der Waals surface area (Å²) >= 11 is 0. The zero-order chi connectivity index (χ0) is 22.6. The van der Waals surface area contributed by atoms with Crippen molar-refractivity contribution < 1.29 is 12.8 Å². The maximum atomic E-state index is 12.3. The Morgan fingerprint density at radius 1 is 1.26 bits per heavy atom. The van der Waals surface area contributed by atoms with Crippen LogP contribution in [0, 0.1) is 0 Å². The molecule has 0 aliphatic carbocycles. The van der Waals surface area contributed by atoms with E-state index in [0.717, 1.165) is 30.6 Å². The number of nitrogens with two attached hydrogens (primary N) is 1. The van der Waals surface area contributed by atoms with Crippen LogP contribution in [0.3, 0.4) is 0 Å². The van der Waals surface area contributed by atoms with E-state index in [2.05, 4.69) is 32.2 Å². The summed E-state index contributed by atoms with van der Waals surface area (Å²) in [6, 6.07) is 6.53. The SMILES string of the molecule is C=N/C(N)=C(\N=C(/C)c1ccc(S(=O)(=O)C(C)C)cc1)c1nnc(C2=CCNCC2)o1. The number of aliphatic imine (C=N–C) groups is 2. The van der Waals surface area contributed by atoms with E-state index in [4.69, 9.17) is 10.2 Å². The van der Waals surface area contributed by atoms with Gasteiger partial charge in [-0.15, -0.1) is 10.2 Å². The molecule has 0 unspecified atom stereocenters. The van der Waals surface area contributed by atoms with Gasteiger partial charge in [0, 0.05) is 17.8 Å². The molecule has 1 aliphatic rings. The number of hydrogen-bond donors (Lipinski definition) is 2. The van der Waals surface area contributed by atoms with Gasteiger partial charge in [0.25, 0.3) is 5.89 Å². The molecule has 3 N–H and O–H groups in total. The van der Waals surface area contributed by atoms with Crippen LogP contribution in [-0.2, 0) is 9.84 Å². The van der Waals surface area contributed by atoms with E-state index in [1.54, 1.807) is 45.0 Å². The molecule has 2 aromatic rings. The minimum Gasteiger partial charge on any atom is -0.415 e. The van der Waals surface area contributed by atoms with Gasteiger partial charge in [0.15, 0.2) is 21.4 Å². The second-order valence-corrected chi connectivity index (χ2v) is 9.81. The summed E-state index contributed by atoms with van der Waals surface area (Å²) in [5.41, 5.74) is 8.46. The van der Waals surface area contributed by atoms with Crippen molar-refractivity contribution in [2.75, 3.05) is 13.1 Å². The average Bonchev–Trinajstić information content (AvgIpc) is 3.27. The molecule has 0 saturated carbocycles. The Morgan fingerprint density at radius 2 is 1.97 bits per heavy atom. The number of hydrogen-bond acceptors (Lipinski definition) is 9. The first kappa shape index (κ1) is 22.6. The quantitative estimate of drug-likeness (QED) is 0.628. The summed E-state index contributed by atoms with van der Waals surface area (Å²) in [6.45, 7) is 10.1. The van der Waals surface area contributed by atoms with E-state index in [0.29, 0.717) is 11.6 Å². The van der Waals surface area contributed by atoms with E-state index >= 15 is 0 Å². The number of rotatable bonds is 7. The molecule has 10 heteroatoms. The molecule has 9 nitrogen and oxygen atoms in total. The van der Waals surface area contributed by atoms with Crippen LogP contribution in [0.4, 0.5) is 0 Å². The Kier molecular flexibility index (Phi) is 6.81. The molecule has 1 aromatic heterocycles. The highest BCUT2D eigenvalue weighted by Gasteiger charge is 2.20. The van der Waals surface area contributed by atoms with Crippen LogP contribution < -0.4 is 11.1 Å². The summed E-state index contributed by atoms with van der Waals surface area (Å²) in [7, 11) is -3.35.